The van der Waals surface area contributed by atoms with Crippen LogP contribution in [-0.4, -0.2) is 34.0 Å². The predicted octanol–water partition coefficient (Wildman–Crippen LogP) is 1.25. The van der Waals surface area contributed by atoms with Crippen LogP contribution in [0.15, 0.2) is 0 Å². The lowest BCUT2D eigenvalue weighted by molar-refractivity contribution is -0.319. The Bertz CT molecular complexity index is 409. The molecule has 4 heteroatoms. The van der Waals surface area contributed by atoms with Crippen molar-refractivity contribution >= 4 is 0 Å². The summed E-state index contributed by atoms with van der Waals surface area (Å²) in [6.45, 7) is 6.69. The third-order valence-electron chi connectivity index (χ3n) is 5.87. The lowest BCUT2D eigenvalue weighted by atomic mass is 9.67. The fourth-order valence-electron chi connectivity index (χ4n) is 5.25. The minimum atomic E-state index is -1.46. The zero-order valence-electron chi connectivity index (χ0n) is 11.2. The van der Waals surface area contributed by atoms with E-state index in [1.54, 1.807) is 0 Å². The SMILES string of the molecule is CC1(C)C[C@@H]2[C@H]3O[C@H](O)[C@]4(O)O[C@@](C)(C[C@H]34)[C@@H]2C1. The smallest absolute Gasteiger partial charge is 0.224 e. The van der Waals surface area contributed by atoms with Crippen LogP contribution >= 0.6 is 0 Å². The number of hydrogen-bond acceptors (Lipinski definition) is 4. The van der Waals surface area contributed by atoms with E-state index < -0.39 is 12.1 Å². The van der Waals surface area contributed by atoms with Gasteiger partial charge < -0.3 is 19.7 Å². The van der Waals surface area contributed by atoms with Gasteiger partial charge in [0.1, 0.15) is 0 Å². The van der Waals surface area contributed by atoms with Gasteiger partial charge in [0, 0.05) is 5.92 Å². The highest BCUT2D eigenvalue weighted by Crippen LogP contribution is 2.66. The molecule has 7 atom stereocenters. The molecule has 4 aliphatic rings. The minimum absolute atomic E-state index is 0.0349. The van der Waals surface area contributed by atoms with E-state index in [-0.39, 0.29) is 17.6 Å². The fourth-order valence-corrected chi connectivity index (χ4v) is 5.25. The average Bonchev–Trinajstić information content (AvgIpc) is 2.76. The lowest BCUT2D eigenvalue weighted by Crippen LogP contribution is -2.48. The third kappa shape index (κ3) is 1.16. The topological polar surface area (TPSA) is 58.9 Å². The van der Waals surface area contributed by atoms with Crippen molar-refractivity contribution in [1.29, 1.82) is 0 Å². The molecule has 102 valence electrons. The van der Waals surface area contributed by atoms with E-state index in [9.17, 15) is 10.2 Å². The molecule has 2 aliphatic heterocycles. The highest BCUT2D eigenvalue weighted by Gasteiger charge is 2.74. The maximum absolute atomic E-state index is 10.5. The Morgan fingerprint density at radius 3 is 2.50 bits per heavy atom. The fraction of sp³-hybridized carbons (Fsp3) is 1.00. The molecule has 2 heterocycles. The standard InChI is InChI=1S/C14H22O4/c1-12(2)4-7-8(5-12)13(3)6-9-10(7)17-11(15)14(9,16)18-13/h7-11,15-16H,4-6H2,1-3H3/t7-,8+,9+,10+,11-,13-,14+/m0/s1. The summed E-state index contributed by atoms with van der Waals surface area (Å²) < 4.78 is 11.6. The third-order valence-corrected chi connectivity index (χ3v) is 5.87. The zero-order chi connectivity index (χ0) is 12.9. The van der Waals surface area contributed by atoms with E-state index in [0.717, 1.165) is 19.3 Å². The van der Waals surface area contributed by atoms with Gasteiger partial charge in [-0.05, 0) is 43.4 Å². The second-order valence-electron chi connectivity index (χ2n) is 7.77. The summed E-state index contributed by atoms with van der Waals surface area (Å²) in [4.78, 5) is 0. The van der Waals surface area contributed by atoms with Gasteiger partial charge in [-0.1, -0.05) is 13.8 Å². The summed E-state index contributed by atoms with van der Waals surface area (Å²) in [6.07, 6.45) is 1.81. The quantitative estimate of drug-likeness (QED) is 0.683. The number of rotatable bonds is 0. The van der Waals surface area contributed by atoms with Gasteiger partial charge in [-0.3, -0.25) is 0 Å². The monoisotopic (exact) mass is 254 g/mol. The highest BCUT2D eigenvalue weighted by atomic mass is 16.7. The summed E-state index contributed by atoms with van der Waals surface area (Å²) in [7, 11) is 0. The summed E-state index contributed by atoms with van der Waals surface area (Å²) in [5.41, 5.74) is 0.0142. The average molecular weight is 254 g/mol. The van der Waals surface area contributed by atoms with Gasteiger partial charge in [0.05, 0.1) is 11.7 Å². The molecular weight excluding hydrogens is 232 g/mol. The number of fused-ring (bicyclic) bond motifs is 4. The van der Waals surface area contributed by atoms with Crippen LogP contribution in [0.2, 0.25) is 0 Å². The minimum Gasteiger partial charge on any atom is -0.364 e. The van der Waals surface area contributed by atoms with Gasteiger partial charge in [0.25, 0.3) is 0 Å². The van der Waals surface area contributed by atoms with Gasteiger partial charge in [0.15, 0.2) is 0 Å². The maximum Gasteiger partial charge on any atom is 0.224 e. The molecule has 0 aromatic carbocycles. The number of aliphatic hydroxyl groups excluding tert-OH is 1. The highest BCUT2D eigenvalue weighted by molar-refractivity contribution is 5.16. The van der Waals surface area contributed by atoms with Crippen LogP contribution in [0, 0.1) is 23.2 Å². The Labute approximate surface area is 107 Å². The number of hydrogen-bond donors (Lipinski definition) is 2. The molecule has 0 radical (unpaired) electrons. The van der Waals surface area contributed by atoms with E-state index in [1.165, 1.54) is 0 Å². The van der Waals surface area contributed by atoms with Crippen molar-refractivity contribution in [3.8, 4) is 0 Å². The van der Waals surface area contributed by atoms with Crippen LogP contribution in [0.3, 0.4) is 0 Å². The lowest BCUT2D eigenvalue weighted by Gasteiger charge is -2.42. The van der Waals surface area contributed by atoms with Crippen LogP contribution < -0.4 is 0 Å². The summed E-state index contributed by atoms with van der Waals surface area (Å²) >= 11 is 0. The largest absolute Gasteiger partial charge is 0.364 e. The molecule has 0 spiro atoms. The van der Waals surface area contributed by atoms with Crippen LogP contribution in [0.25, 0.3) is 0 Å². The molecule has 0 aromatic heterocycles. The Morgan fingerprint density at radius 2 is 1.78 bits per heavy atom. The van der Waals surface area contributed by atoms with Gasteiger partial charge in [0.2, 0.25) is 12.1 Å². The normalized spacial score (nSPS) is 64.2. The first kappa shape index (κ1) is 11.6. The van der Waals surface area contributed by atoms with Crippen molar-refractivity contribution in [2.45, 2.75) is 63.8 Å². The summed E-state index contributed by atoms with van der Waals surface area (Å²) in [5, 5.41) is 20.5. The first-order chi connectivity index (χ1) is 8.25. The molecule has 0 aromatic rings. The second kappa shape index (κ2) is 2.95. The van der Waals surface area contributed by atoms with Crippen molar-refractivity contribution in [2.24, 2.45) is 23.2 Å². The van der Waals surface area contributed by atoms with Crippen molar-refractivity contribution in [3.63, 3.8) is 0 Å². The Balaban J connectivity index is 1.79. The zero-order valence-corrected chi connectivity index (χ0v) is 11.2. The Kier molecular flexibility index (Phi) is 1.91. The van der Waals surface area contributed by atoms with E-state index in [2.05, 4.69) is 20.8 Å². The van der Waals surface area contributed by atoms with Gasteiger partial charge in [-0.2, -0.15) is 0 Å². The Morgan fingerprint density at radius 1 is 1.06 bits per heavy atom. The van der Waals surface area contributed by atoms with Crippen molar-refractivity contribution in [3.05, 3.63) is 0 Å². The number of ether oxygens (including phenoxy) is 2. The van der Waals surface area contributed by atoms with E-state index >= 15 is 0 Å². The molecule has 2 saturated carbocycles. The molecule has 0 unspecified atom stereocenters. The molecule has 0 amide bonds. The molecule has 4 fully saturated rings. The van der Waals surface area contributed by atoms with Crippen molar-refractivity contribution in [1.82, 2.24) is 0 Å². The number of aliphatic hydroxyl groups is 2. The summed E-state index contributed by atoms with van der Waals surface area (Å²) in [6, 6.07) is 0. The first-order valence-electron chi connectivity index (χ1n) is 7.01. The van der Waals surface area contributed by atoms with E-state index in [0.29, 0.717) is 17.3 Å². The summed E-state index contributed by atoms with van der Waals surface area (Å²) in [5.74, 6) is -0.675. The first-order valence-corrected chi connectivity index (χ1v) is 7.01. The van der Waals surface area contributed by atoms with Gasteiger partial charge in [-0.15, -0.1) is 0 Å². The van der Waals surface area contributed by atoms with Crippen molar-refractivity contribution < 1.29 is 19.7 Å². The molecule has 4 nitrogen and oxygen atoms in total. The van der Waals surface area contributed by atoms with Crippen LogP contribution in [-0.2, 0) is 9.47 Å². The van der Waals surface area contributed by atoms with Gasteiger partial charge >= 0.3 is 0 Å². The molecule has 4 rings (SSSR count). The Hall–Kier alpha value is -0.160. The van der Waals surface area contributed by atoms with Crippen molar-refractivity contribution in [2.75, 3.05) is 0 Å². The molecular formula is C14H22O4. The van der Waals surface area contributed by atoms with Crippen LogP contribution in [0.5, 0.6) is 0 Å². The van der Waals surface area contributed by atoms with E-state index in [4.69, 9.17) is 9.47 Å². The second-order valence-corrected chi connectivity index (χ2v) is 7.77. The molecule has 2 N–H and O–H groups in total. The predicted molar refractivity (Wildman–Crippen MR) is 63.4 cm³/mol. The van der Waals surface area contributed by atoms with Crippen LogP contribution in [0.1, 0.15) is 40.0 Å². The van der Waals surface area contributed by atoms with E-state index in [1.807, 2.05) is 0 Å². The molecule has 2 bridgehead atoms. The molecule has 2 aliphatic carbocycles. The molecule has 18 heavy (non-hydrogen) atoms. The van der Waals surface area contributed by atoms with Crippen LogP contribution in [0.4, 0.5) is 0 Å². The molecule has 2 saturated heterocycles. The maximum atomic E-state index is 10.5. The van der Waals surface area contributed by atoms with Gasteiger partial charge in [-0.25, -0.2) is 0 Å².